The highest BCUT2D eigenvalue weighted by Gasteiger charge is 2.24. The van der Waals surface area contributed by atoms with Crippen LogP contribution in [0.3, 0.4) is 0 Å². The molecule has 0 aliphatic carbocycles. The molecule has 0 aromatic carbocycles. The zero-order chi connectivity index (χ0) is 15.5. The number of aryl methyl sites for hydroxylation is 2. The lowest BCUT2D eigenvalue weighted by molar-refractivity contribution is 0.461. The molecule has 2 aromatic heterocycles. The number of nitrogens with zero attached hydrogens (tertiary/aromatic N) is 3. The summed E-state index contributed by atoms with van der Waals surface area (Å²) in [6, 6.07) is 0. The summed E-state index contributed by atoms with van der Waals surface area (Å²) < 4.78 is 30.2. The predicted octanol–water partition coefficient (Wildman–Crippen LogP) is 2.19. The van der Waals surface area contributed by atoms with Gasteiger partial charge in [0.25, 0.3) is 0 Å². The lowest BCUT2D eigenvalue weighted by Crippen LogP contribution is -2.05. The van der Waals surface area contributed by atoms with Crippen molar-refractivity contribution < 1.29 is 12.8 Å². The number of sulfone groups is 1. The molecule has 21 heavy (non-hydrogen) atoms. The van der Waals surface area contributed by atoms with Crippen LogP contribution in [0.4, 0.5) is 5.13 Å². The van der Waals surface area contributed by atoms with Crippen LogP contribution >= 0.6 is 11.3 Å². The van der Waals surface area contributed by atoms with Crippen molar-refractivity contribution in [1.82, 2.24) is 15.2 Å². The molecule has 7 nitrogen and oxygen atoms in total. The summed E-state index contributed by atoms with van der Waals surface area (Å²) in [5.41, 5.74) is 0.610. The van der Waals surface area contributed by atoms with E-state index in [1.807, 2.05) is 13.8 Å². The first-order valence-corrected chi connectivity index (χ1v) is 9.18. The molecule has 0 spiro atoms. The van der Waals surface area contributed by atoms with E-state index in [0.717, 1.165) is 17.8 Å². The van der Waals surface area contributed by atoms with Crippen molar-refractivity contribution in [2.75, 3.05) is 11.9 Å². The van der Waals surface area contributed by atoms with Gasteiger partial charge in [-0.1, -0.05) is 18.3 Å². The molecule has 116 valence electrons. The molecule has 0 bridgehead atoms. The van der Waals surface area contributed by atoms with E-state index in [1.165, 1.54) is 0 Å². The van der Waals surface area contributed by atoms with Crippen molar-refractivity contribution in [1.29, 1.82) is 0 Å². The molecule has 0 atom stereocenters. The minimum atomic E-state index is -3.56. The zero-order valence-electron chi connectivity index (χ0n) is 12.2. The molecule has 0 aliphatic heterocycles. The molecule has 0 radical (unpaired) electrons. The van der Waals surface area contributed by atoms with E-state index in [9.17, 15) is 8.42 Å². The molecular weight excluding hydrogens is 312 g/mol. The highest BCUT2D eigenvalue weighted by Crippen LogP contribution is 2.24. The van der Waals surface area contributed by atoms with Gasteiger partial charge in [0.15, 0.2) is 5.89 Å². The Hall–Kier alpha value is -1.48. The molecule has 0 saturated heterocycles. The summed E-state index contributed by atoms with van der Waals surface area (Å²) in [5, 5.41) is 11.0. The van der Waals surface area contributed by atoms with E-state index in [1.54, 1.807) is 6.92 Å². The van der Waals surface area contributed by atoms with Crippen LogP contribution in [0.25, 0.3) is 0 Å². The minimum absolute atomic E-state index is 0.00806. The topological polar surface area (TPSA) is 98.0 Å². The van der Waals surface area contributed by atoms with Gasteiger partial charge in [-0.3, -0.25) is 0 Å². The van der Waals surface area contributed by atoms with Crippen LogP contribution in [0.1, 0.15) is 37.6 Å². The van der Waals surface area contributed by atoms with Crippen molar-refractivity contribution in [3.63, 3.8) is 0 Å². The van der Waals surface area contributed by atoms with Crippen LogP contribution < -0.4 is 5.32 Å². The number of hydrogen-bond donors (Lipinski definition) is 1. The van der Waals surface area contributed by atoms with Gasteiger partial charge in [0.05, 0.1) is 5.69 Å². The Morgan fingerprint density at radius 2 is 2.05 bits per heavy atom. The van der Waals surface area contributed by atoms with Gasteiger partial charge in [0, 0.05) is 13.0 Å². The van der Waals surface area contributed by atoms with Crippen molar-refractivity contribution in [2.24, 2.45) is 0 Å². The molecular formula is C12H18N4O3S2. The Balaban J connectivity index is 2.20. The van der Waals surface area contributed by atoms with Crippen LogP contribution in [0.5, 0.6) is 0 Å². The number of anilines is 1. The Labute approximate surface area is 127 Å². The molecule has 0 amide bonds. The second-order valence-electron chi connectivity index (χ2n) is 4.53. The number of aromatic nitrogens is 3. The maximum atomic E-state index is 12.3. The van der Waals surface area contributed by atoms with E-state index in [2.05, 4.69) is 20.5 Å². The Kier molecular flexibility index (Phi) is 4.94. The van der Waals surface area contributed by atoms with Gasteiger partial charge >= 0.3 is 0 Å². The summed E-state index contributed by atoms with van der Waals surface area (Å²) >= 11 is 1.02. The second-order valence-corrected chi connectivity index (χ2v) is 7.67. The van der Waals surface area contributed by atoms with E-state index >= 15 is 0 Å². The van der Waals surface area contributed by atoms with Crippen molar-refractivity contribution in [3.8, 4) is 0 Å². The first kappa shape index (κ1) is 15.9. The van der Waals surface area contributed by atoms with Crippen LogP contribution in [-0.4, -0.2) is 30.1 Å². The van der Waals surface area contributed by atoms with Gasteiger partial charge in [-0.15, -0.1) is 10.2 Å². The summed E-state index contributed by atoms with van der Waals surface area (Å²) in [4.78, 5) is 4.24. The van der Waals surface area contributed by atoms with E-state index in [-0.39, 0.29) is 10.1 Å². The molecule has 2 heterocycles. The Morgan fingerprint density at radius 3 is 2.71 bits per heavy atom. The van der Waals surface area contributed by atoms with Gasteiger partial charge in [-0.2, -0.15) is 0 Å². The largest absolute Gasteiger partial charge is 0.444 e. The third kappa shape index (κ3) is 3.79. The number of rotatable bonds is 7. The number of nitrogens with one attached hydrogen (secondary N) is 1. The fourth-order valence-electron chi connectivity index (χ4n) is 1.74. The molecule has 0 unspecified atom stereocenters. The minimum Gasteiger partial charge on any atom is -0.444 e. The van der Waals surface area contributed by atoms with Gasteiger partial charge in [-0.25, -0.2) is 13.4 Å². The zero-order valence-corrected chi connectivity index (χ0v) is 13.8. The lowest BCUT2D eigenvalue weighted by atomic mass is 10.3. The maximum Gasteiger partial charge on any atom is 0.234 e. The van der Waals surface area contributed by atoms with Crippen LogP contribution in [0, 0.1) is 6.92 Å². The number of oxazole rings is 1. The first-order chi connectivity index (χ1) is 9.96. The highest BCUT2D eigenvalue weighted by atomic mass is 32.2. The second kappa shape index (κ2) is 6.52. The number of hydrogen-bond acceptors (Lipinski definition) is 8. The molecule has 0 saturated carbocycles. The van der Waals surface area contributed by atoms with Crippen molar-refractivity contribution in [2.45, 2.75) is 43.7 Å². The van der Waals surface area contributed by atoms with Gasteiger partial charge in [0.1, 0.15) is 11.5 Å². The smallest absolute Gasteiger partial charge is 0.234 e. The average molecular weight is 330 g/mol. The highest BCUT2D eigenvalue weighted by molar-refractivity contribution is 7.92. The quantitative estimate of drug-likeness (QED) is 0.831. The SMILES string of the molecule is CCCc1nc(C)c(CS(=O)(=O)c2nnc(NCC)s2)o1. The molecule has 2 rings (SSSR count). The monoisotopic (exact) mass is 330 g/mol. The van der Waals surface area contributed by atoms with E-state index < -0.39 is 9.84 Å². The van der Waals surface area contributed by atoms with E-state index in [0.29, 0.717) is 35.4 Å². The summed E-state index contributed by atoms with van der Waals surface area (Å²) in [6.07, 6.45) is 1.60. The van der Waals surface area contributed by atoms with Crippen molar-refractivity contribution >= 4 is 26.3 Å². The molecule has 2 aromatic rings. The molecule has 9 heteroatoms. The van der Waals surface area contributed by atoms with Crippen molar-refractivity contribution in [3.05, 3.63) is 17.3 Å². The standard InChI is InChI=1S/C12H18N4O3S2/c1-4-6-10-14-8(3)9(19-10)7-21(17,18)12-16-15-11(20-12)13-5-2/h4-7H2,1-3H3,(H,13,15). The lowest BCUT2D eigenvalue weighted by Gasteiger charge is -1.98. The first-order valence-electron chi connectivity index (χ1n) is 6.71. The maximum absolute atomic E-state index is 12.3. The third-order valence-corrected chi connectivity index (χ3v) is 5.67. The van der Waals surface area contributed by atoms with Crippen LogP contribution in [0.15, 0.2) is 8.76 Å². The van der Waals surface area contributed by atoms with Gasteiger partial charge < -0.3 is 9.73 Å². The molecule has 0 aliphatic rings. The Bertz CT molecular complexity index is 706. The van der Waals surface area contributed by atoms with Gasteiger partial charge in [0.2, 0.25) is 19.3 Å². The van der Waals surface area contributed by atoms with E-state index in [4.69, 9.17) is 4.42 Å². The normalized spacial score (nSPS) is 11.8. The fourth-order valence-corrected chi connectivity index (χ4v) is 4.10. The summed E-state index contributed by atoms with van der Waals surface area (Å²) in [7, 11) is -3.56. The molecule has 0 fully saturated rings. The predicted molar refractivity (Wildman–Crippen MR) is 80.2 cm³/mol. The Morgan fingerprint density at radius 1 is 1.29 bits per heavy atom. The van der Waals surface area contributed by atoms with Crippen LogP contribution in [0.2, 0.25) is 0 Å². The average Bonchev–Trinajstić information content (AvgIpc) is 2.99. The summed E-state index contributed by atoms with van der Waals surface area (Å²) in [5.74, 6) is 0.709. The van der Waals surface area contributed by atoms with Crippen LogP contribution in [-0.2, 0) is 22.0 Å². The fraction of sp³-hybridized carbons (Fsp3) is 0.583. The molecule has 1 N–H and O–H groups in total. The third-order valence-electron chi connectivity index (χ3n) is 2.72. The summed E-state index contributed by atoms with van der Waals surface area (Å²) in [6.45, 7) is 6.33. The van der Waals surface area contributed by atoms with Gasteiger partial charge in [-0.05, 0) is 20.3 Å².